The Balaban J connectivity index is 2.07. The number of hydrogen-bond acceptors (Lipinski definition) is 8. The average Bonchev–Trinajstić information content (AvgIpc) is 3.16. The Labute approximate surface area is 188 Å². The minimum Gasteiger partial charge on any atom is -0.481 e. The molecule has 0 bridgehead atoms. The summed E-state index contributed by atoms with van der Waals surface area (Å²) in [6.45, 7) is 3.95. The highest BCUT2D eigenvalue weighted by Crippen LogP contribution is 2.38. The molecule has 0 spiro atoms. The van der Waals surface area contributed by atoms with E-state index in [4.69, 9.17) is 9.84 Å². The summed E-state index contributed by atoms with van der Waals surface area (Å²) in [5, 5.41) is 16.6. The van der Waals surface area contributed by atoms with Gasteiger partial charge in [-0.05, 0) is 41.7 Å². The second-order valence-corrected chi connectivity index (χ2v) is 8.42. The van der Waals surface area contributed by atoms with E-state index in [1.165, 1.54) is 31.0 Å². The number of thioether (sulfide) groups is 1. The molecule has 0 aliphatic rings. The number of aliphatic hydroxyl groups is 1. The van der Waals surface area contributed by atoms with Gasteiger partial charge in [-0.1, -0.05) is 25.6 Å². The van der Waals surface area contributed by atoms with Crippen molar-refractivity contribution in [1.82, 2.24) is 19.2 Å². The predicted molar refractivity (Wildman–Crippen MR) is 120 cm³/mol. The van der Waals surface area contributed by atoms with Crippen molar-refractivity contribution in [3.63, 3.8) is 0 Å². The van der Waals surface area contributed by atoms with E-state index in [2.05, 4.69) is 20.4 Å². The molecule has 0 saturated heterocycles. The number of pyridine rings is 1. The maximum Gasteiger partial charge on any atom is 0.239 e. The summed E-state index contributed by atoms with van der Waals surface area (Å²) >= 11 is 1.23. The Hall–Kier alpha value is -2.37. The molecule has 2 aromatic heterocycles. The molecule has 0 unspecified atom stereocenters. The summed E-state index contributed by atoms with van der Waals surface area (Å²) in [5.41, 5.74) is 2.56. The van der Waals surface area contributed by atoms with E-state index in [0.717, 1.165) is 4.09 Å². The van der Waals surface area contributed by atoms with Gasteiger partial charge in [0.25, 0.3) is 0 Å². The Bertz CT molecular complexity index is 1030. The van der Waals surface area contributed by atoms with Crippen LogP contribution in [0.5, 0.6) is 5.88 Å². The molecule has 3 aromatic rings. The molecule has 166 valence electrons. The molecule has 0 fully saturated rings. The lowest BCUT2D eigenvalue weighted by molar-refractivity contribution is 0.296. The van der Waals surface area contributed by atoms with Crippen LogP contribution in [0, 0.1) is 5.82 Å². The van der Waals surface area contributed by atoms with Crippen LogP contribution in [0.2, 0.25) is 0 Å². The van der Waals surface area contributed by atoms with Gasteiger partial charge in [-0.2, -0.15) is 4.98 Å². The summed E-state index contributed by atoms with van der Waals surface area (Å²) in [6.07, 6.45) is 2.15. The summed E-state index contributed by atoms with van der Waals surface area (Å²) in [4.78, 5) is 8.48. The van der Waals surface area contributed by atoms with E-state index in [1.807, 2.05) is 13.8 Å². The first-order chi connectivity index (χ1) is 15.0. The third kappa shape index (κ3) is 5.66. The van der Waals surface area contributed by atoms with Crippen LogP contribution < -0.4 is 10.1 Å². The number of aliphatic hydroxyl groups excluding tert-OH is 1. The van der Waals surface area contributed by atoms with Gasteiger partial charge in [0.05, 0.1) is 12.8 Å². The van der Waals surface area contributed by atoms with E-state index in [-0.39, 0.29) is 36.6 Å². The Morgan fingerprint density at radius 1 is 1.29 bits per heavy atom. The van der Waals surface area contributed by atoms with Crippen LogP contribution >= 0.6 is 24.1 Å². The fraction of sp³-hybridized carbons (Fsp3) is 0.350. The number of halogens is 2. The van der Waals surface area contributed by atoms with Gasteiger partial charge in [0.2, 0.25) is 17.0 Å². The molecule has 0 aliphatic heterocycles. The smallest absolute Gasteiger partial charge is 0.239 e. The third-order valence-corrected chi connectivity index (χ3v) is 5.71. The molecule has 1 aromatic carbocycles. The lowest BCUT2D eigenvalue weighted by Gasteiger charge is -2.19. The highest BCUT2D eigenvalue weighted by Gasteiger charge is 2.20. The highest BCUT2D eigenvalue weighted by atomic mass is 32.2. The lowest BCUT2D eigenvalue weighted by atomic mass is 9.94. The van der Waals surface area contributed by atoms with Gasteiger partial charge >= 0.3 is 0 Å². The molecule has 3 rings (SSSR count). The van der Waals surface area contributed by atoms with Crippen molar-refractivity contribution in [2.45, 2.75) is 31.3 Å². The number of ether oxygens (including phenoxy) is 1. The summed E-state index contributed by atoms with van der Waals surface area (Å²) in [6, 6.07) is 6.31. The predicted octanol–water partition coefficient (Wildman–Crippen LogP) is 5.21. The number of anilines is 2. The zero-order valence-electron chi connectivity index (χ0n) is 17.3. The van der Waals surface area contributed by atoms with Crippen LogP contribution in [0.4, 0.5) is 19.9 Å². The number of rotatable bonds is 10. The van der Waals surface area contributed by atoms with Crippen LogP contribution in [0.25, 0.3) is 11.1 Å². The zero-order valence-corrected chi connectivity index (χ0v) is 18.9. The molecule has 0 atom stereocenters. The molecule has 0 aliphatic carbocycles. The van der Waals surface area contributed by atoms with Crippen molar-refractivity contribution in [2.24, 2.45) is 0 Å². The van der Waals surface area contributed by atoms with Crippen LogP contribution in [-0.2, 0) is 0 Å². The van der Waals surface area contributed by atoms with E-state index in [1.54, 1.807) is 18.3 Å². The quantitative estimate of drug-likeness (QED) is 0.310. The fourth-order valence-corrected chi connectivity index (χ4v) is 4.00. The SMILES string of the molecule is COc1cc(-c2cc(F)cc(C(C)C)c2Nc2nc(SCCCO)nn2SF)ccn1. The van der Waals surface area contributed by atoms with Crippen LogP contribution in [0.15, 0.2) is 35.6 Å². The molecule has 11 heteroatoms. The summed E-state index contributed by atoms with van der Waals surface area (Å²) < 4.78 is 34.3. The second-order valence-electron chi connectivity index (χ2n) is 6.87. The minimum atomic E-state index is -0.387. The van der Waals surface area contributed by atoms with Crippen LogP contribution in [-0.4, -0.2) is 43.7 Å². The first kappa shape index (κ1) is 23.3. The Kier molecular flexibility index (Phi) is 8.10. The van der Waals surface area contributed by atoms with Gasteiger partial charge in [-0.3, -0.25) is 0 Å². The van der Waals surface area contributed by atoms with Gasteiger partial charge in [-0.15, -0.1) is 13.1 Å². The Morgan fingerprint density at radius 2 is 2.10 bits per heavy atom. The maximum absolute atomic E-state index is 14.5. The van der Waals surface area contributed by atoms with E-state index >= 15 is 0 Å². The topological polar surface area (TPSA) is 85.1 Å². The molecule has 0 radical (unpaired) electrons. The lowest BCUT2D eigenvalue weighted by Crippen LogP contribution is -2.05. The van der Waals surface area contributed by atoms with Crippen molar-refractivity contribution < 1.29 is 18.1 Å². The van der Waals surface area contributed by atoms with Gasteiger partial charge in [0.1, 0.15) is 5.82 Å². The normalized spacial score (nSPS) is 11.2. The van der Waals surface area contributed by atoms with E-state index in [9.17, 15) is 8.28 Å². The largest absolute Gasteiger partial charge is 0.481 e. The minimum absolute atomic E-state index is 0.0199. The van der Waals surface area contributed by atoms with Crippen LogP contribution in [0.1, 0.15) is 31.7 Å². The van der Waals surface area contributed by atoms with Crippen molar-refractivity contribution >= 4 is 35.7 Å². The maximum atomic E-state index is 14.5. The number of methoxy groups -OCH3 is 1. The number of nitrogens with zero attached hydrogens (tertiary/aromatic N) is 4. The summed E-state index contributed by atoms with van der Waals surface area (Å²) in [7, 11) is 1.51. The first-order valence-electron chi connectivity index (χ1n) is 9.57. The summed E-state index contributed by atoms with van der Waals surface area (Å²) in [5.74, 6) is 0.765. The van der Waals surface area contributed by atoms with Crippen molar-refractivity contribution in [3.8, 4) is 17.0 Å². The number of nitrogens with one attached hydrogen (secondary N) is 1. The highest BCUT2D eigenvalue weighted by molar-refractivity contribution is 7.99. The van der Waals surface area contributed by atoms with Crippen molar-refractivity contribution in [3.05, 3.63) is 41.8 Å². The molecule has 31 heavy (non-hydrogen) atoms. The molecule has 7 nitrogen and oxygen atoms in total. The third-order valence-electron chi connectivity index (χ3n) is 4.41. The number of aromatic nitrogens is 4. The van der Waals surface area contributed by atoms with Crippen molar-refractivity contribution in [2.75, 3.05) is 24.8 Å². The molecule has 2 N–H and O–H groups in total. The first-order valence-corrected chi connectivity index (χ1v) is 11.2. The van der Waals surface area contributed by atoms with Gasteiger partial charge in [-0.25, -0.2) is 9.37 Å². The van der Waals surface area contributed by atoms with Gasteiger partial charge in [0.15, 0.2) is 12.3 Å². The molecule has 2 heterocycles. The molecular weight excluding hydrogens is 444 g/mol. The Morgan fingerprint density at radius 3 is 2.77 bits per heavy atom. The number of hydrogen-bond donors (Lipinski definition) is 2. The monoisotopic (exact) mass is 467 g/mol. The van der Waals surface area contributed by atoms with Crippen LogP contribution in [0.3, 0.4) is 0 Å². The fourth-order valence-electron chi connectivity index (χ4n) is 2.94. The average molecular weight is 468 g/mol. The molecule has 0 saturated carbocycles. The van der Waals surface area contributed by atoms with Gasteiger partial charge in [0, 0.05) is 30.2 Å². The number of benzene rings is 1. The van der Waals surface area contributed by atoms with E-state index < -0.39 is 0 Å². The van der Waals surface area contributed by atoms with E-state index in [0.29, 0.717) is 45.6 Å². The zero-order chi connectivity index (χ0) is 22.4. The standard InChI is InChI=1S/C20H23F2N5O2S2/c1-12(2)15-10-14(21)11-16(13-5-6-23-17(9-13)29-3)18(15)24-19-25-20(26-27(19)31-22)30-8-4-7-28/h5-6,9-12,28H,4,7-8H2,1-3H3,(H,24,25,26). The molecule has 0 amide bonds. The van der Waals surface area contributed by atoms with Crippen molar-refractivity contribution in [1.29, 1.82) is 0 Å². The molecular formula is C20H23F2N5O2S2. The second kappa shape index (κ2) is 10.8. The van der Waals surface area contributed by atoms with Gasteiger partial charge < -0.3 is 15.2 Å².